The Morgan fingerprint density at radius 2 is 1.76 bits per heavy atom. The van der Waals surface area contributed by atoms with Crippen LogP contribution in [0.25, 0.3) is 0 Å². The summed E-state index contributed by atoms with van der Waals surface area (Å²) in [5, 5.41) is 0. The third-order valence-electron chi connectivity index (χ3n) is 2.39. The van der Waals surface area contributed by atoms with E-state index in [2.05, 4.69) is 36.2 Å². The molecule has 2 aromatic rings. The van der Waals surface area contributed by atoms with Crippen molar-refractivity contribution in [2.75, 3.05) is 0 Å². The average Bonchev–Trinajstić information content (AvgIpc) is 2.38. The third kappa shape index (κ3) is 3.57. The molecule has 0 bridgehead atoms. The molecule has 0 saturated carbocycles. The Kier molecular flexibility index (Phi) is 4.62. The van der Waals surface area contributed by atoms with E-state index < -0.39 is 19.8 Å². The van der Waals surface area contributed by atoms with Crippen LogP contribution in [0.1, 0.15) is 11.1 Å². The molecule has 0 radical (unpaired) electrons. The fraction of sp³-hybridized carbons (Fsp3) is 0.0714. The van der Waals surface area contributed by atoms with Gasteiger partial charge in [0.2, 0.25) is 0 Å². The molecule has 0 aliphatic heterocycles. The van der Waals surface area contributed by atoms with Crippen LogP contribution < -0.4 is 3.61 Å². The van der Waals surface area contributed by atoms with Crippen LogP contribution in [0.3, 0.4) is 0 Å². The second-order valence-electron chi connectivity index (χ2n) is 3.71. The molecule has 2 rings (SSSR count). The van der Waals surface area contributed by atoms with Crippen LogP contribution in [0, 0.1) is 6.92 Å². The standard InChI is InChI=1S/C14H12ClNTe/c1-11-6-8-13(9-7-11)16-10-12-4-2-3-5-14(12)17-15/h2-10H,1H3. The second-order valence-corrected chi connectivity index (χ2v) is 6.44. The molecule has 2 aromatic carbocycles. The van der Waals surface area contributed by atoms with Crippen molar-refractivity contribution in [2.45, 2.75) is 6.92 Å². The summed E-state index contributed by atoms with van der Waals surface area (Å²) in [5.41, 5.74) is 3.35. The second kappa shape index (κ2) is 6.21. The summed E-state index contributed by atoms with van der Waals surface area (Å²) in [6.07, 6.45) is 1.90. The van der Waals surface area contributed by atoms with Crippen LogP contribution in [0.2, 0.25) is 0 Å². The molecule has 0 atom stereocenters. The molecule has 0 heterocycles. The summed E-state index contributed by atoms with van der Waals surface area (Å²) < 4.78 is 1.23. The van der Waals surface area contributed by atoms with Crippen molar-refractivity contribution in [3.63, 3.8) is 0 Å². The minimum absolute atomic E-state index is 0.588. The maximum absolute atomic E-state index is 6.00. The molecule has 0 saturated heterocycles. The van der Waals surface area contributed by atoms with Gasteiger partial charge in [0, 0.05) is 0 Å². The van der Waals surface area contributed by atoms with Gasteiger partial charge >= 0.3 is 116 Å². The fourth-order valence-corrected chi connectivity index (χ4v) is 3.34. The Morgan fingerprint density at radius 3 is 2.47 bits per heavy atom. The zero-order valence-electron chi connectivity index (χ0n) is 9.43. The van der Waals surface area contributed by atoms with E-state index in [9.17, 15) is 0 Å². The number of nitrogens with zero attached hydrogens (tertiary/aromatic N) is 1. The number of hydrogen-bond acceptors (Lipinski definition) is 1. The first-order valence-electron chi connectivity index (χ1n) is 5.28. The molecule has 0 unspecified atom stereocenters. The Labute approximate surface area is 115 Å². The quantitative estimate of drug-likeness (QED) is 0.591. The summed E-state index contributed by atoms with van der Waals surface area (Å²) in [6, 6.07) is 16.3. The SMILES string of the molecule is Cc1ccc(N=Cc2ccccc2[Te]Cl)cc1. The van der Waals surface area contributed by atoms with Gasteiger partial charge in [-0.2, -0.15) is 0 Å². The topological polar surface area (TPSA) is 12.4 Å². The number of rotatable bonds is 3. The van der Waals surface area contributed by atoms with Gasteiger partial charge in [0.1, 0.15) is 0 Å². The van der Waals surface area contributed by atoms with Crippen LogP contribution in [-0.4, -0.2) is 26.0 Å². The van der Waals surface area contributed by atoms with Gasteiger partial charge in [-0.15, -0.1) is 0 Å². The van der Waals surface area contributed by atoms with Crippen molar-refractivity contribution in [2.24, 2.45) is 4.99 Å². The van der Waals surface area contributed by atoms with Crippen molar-refractivity contribution >= 4 is 44.3 Å². The van der Waals surface area contributed by atoms with Crippen LogP contribution >= 0.6 is 8.96 Å². The van der Waals surface area contributed by atoms with Crippen LogP contribution in [-0.2, 0) is 0 Å². The first-order valence-corrected chi connectivity index (χ1v) is 9.39. The Hall–Kier alpha value is -0.810. The van der Waals surface area contributed by atoms with Crippen molar-refractivity contribution < 1.29 is 0 Å². The van der Waals surface area contributed by atoms with E-state index in [-0.39, 0.29) is 0 Å². The fourth-order valence-electron chi connectivity index (χ4n) is 1.43. The van der Waals surface area contributed by atoms with Gasteiger partial charge in [0.05, 0.1) is 0 Å². The third-order valence-corrected chi connectivity index (χ3v) is 5.04. The summed E-state index contributed by atoms with van der Waals surface area (Å²) in [5.74, 6) is 0. The van der Waals surface area contributed by atoms with E-state index in [0.717, 1.165) is 11.3 Å². The molecule has 0 aliphatic carbocycles. The van der Waals surface area contributed by atoms with Crippen molar-refractivity contribution in [3.8, 4) is 0 Å². The van der Waals surface area contributed by atoms with E-state index in [1.54, 1.807) is 0 Å². The molecule has 3 heteroatoms. The van der Waals surface area contributed by atoms with Gasteiger partial charge < -0.3 is 0 Å². The van der Waals surface area contributed by atoms with Crippen molar-refractivity contribution in [3.05, 3.63) is 59.7 Å². The molecule has 0 amide bonds. The zero-order valence-corrected chi connectivity index (χ0v) is 12.5. The predicted molar refractivity (Wildman–Crippen MR) is 76.1 cm³/mol. The zero-order chi connectivity index (χ0) is 12.1. The first-order chi connectivity index (χ1) is 8.29. The predicted octanol–water partition coefficient (Wildman–Crippen LogP) is 3.23. The number of hydrogen-bond donors (Lipinski definition) is 0. The van der Waals surface area contributed by atoms with E-state index >= 15 is 0 Å². The van der Waals surface area contributed by atoms with E-state index in [4.69, 9.17) is 8.96 Å². The van der Waals surface area contributed by atoms with Gasteiger partial charge in [0.25, 0.3) is 0 Å². The van der Waals surface area contributed by atoms with Gasteiger partial charge in [-0.25, -0.2) is 0 Å². The van der Waals surface area contributed by atoms with E-state index in [0.29, 0.717) is 0 Å². The van der Waals surface area contributed by atoms with Crippen molar-refractivity contribution in [1.82, 2.24) is 0 Å². The maximum atomic E-state index is 6.00. The number of aliphatic imine (C=N–C) groups is 1. The summed E-state index contributed by atoms with van der Waals surface area (Å²) in [7, 11) is 6.00. The Balaban J connectivity index is 2.22. The van der Waals surface area contributed by atoms with Gasteiger partial charge in [-0.1, -0.05) is 0 Å². The van der Waals surface area contributed by atoms with Crippen LogP contribution in [0.5, 0.6) is 0 Å². The monoisotopic (exact) mass is 359 g/mol. The van der Waals surface area contributed by atoms with Gasteiger partial charge in [-0.3, -0.25) is 0 Å². The van der Waals surface area contributed by atoms with Gasteiger partial charge in [0.15, 0.2) is 0 Å². The molecule has 0 aromatic heterocycles. The number of aryl methyl sites for hydroxylation is 1. The summed E-state index contributed by atoms with van der Waals surface area (Å²) in [6.45, 7) is 2.07. The summed E-state index contributed by atoms with van der Waals surface area (Å²) >= 11 is -0.588. The molecule has 0 spiro atoms. The molecular weight excluding hydrogens is 345 g/mol. The summed E-state index contributed by atoms with van der Waals surface area (Å²) in [4.78, 5) is 4.46. The number of halogens is 1. The Morgan fingerprint density at radius 1 is 1.06 bits per heavy atom. The first kappa shape index (κ1) is 12.6. The molecule has 17 heavy (non-hydrogen) atoms. The van der Waals surface area contributed by atoms with Crippen LogP contribution in [0.4, 0.5) is 5.69 Å². The average molecular weight is 357 g/mol. The van der Waals surface area contributed by atoms with Crippen LogP contribution in [0.15, 0.2) is 53.5 Å². The van der Waals surface area contributed by atoms with Gasteiger partial charge in [-0.05, 0) is 0 Å². The molecule has 1 nitrogen and oxygen atoms in total. The molecule has 86 valence electrons. The molecule has 0 fully saturated rings. The van der Waals surface area contributed by atoms with E-state index in [1.807, 2.05) is 30.5 Å². The van der Waals surface area contributed by atoms with Crippen molar-refractivity contribution in [1.29, 1.82) is 0 Å². The minimum atomic E-state index is -0.588. The molecule has 0 aliphatic rings. The normalized spacial score (nSPS) is 10.9. The van der Waals surface area contributed by atoms with E-state index in [1.165, 1.54) is 9.17 Å². The Bertz CT molecular complexity index is 520. The molecule has 0 N–H and O–H groups in total. The molecular formula is C14H12ClNTe. The number of benzene rings is 2.